The van der Waals surface area contributed by atoms with Gasteiger partial charge in [0.2, 0.25) is 5.91 Å². The third kappa shape index (κ3) is 2.99. The van der Waals surface area contributed by atoms with E-state index >= 15 is 0 Å². The highest BCUT2D eigenvalue weighted by molar-refractivity contribution is 5.85. The van der Waals surface area contributed by atoms with E-state index in [2.05, 4.69) is 0 Å². The molecule has 4 nitrogen and oxygen atoms in total. The van der Waals surface area contributed by atoms with Crippen molar-refractivity contribution in [2.75, 3.05) is 33.4 Å². The Kier molecular flexibility index (Phi) is 4.05. The fourth-order valence-corrected chi connectivity index (χ4v) is 2.51. The summed E-state index contributed by atoms with van der Waals surface area (Å²) in [6.45, 7) is 2.55. The minimum absolute atomic E-state index is 0.00738. The van der Waals surface area contributed by atoms with Crippen LogP contribution in [0.2, 0.25) is 0 Å². The van der Waals surface area contributed by atoms with Gasteiger partial charge >= 0.3 is 0 Å². The molecule has 0 unspecified atom stereocenters. The highest BCUT2D eigenvalue weighted by atomic mass is 16.5. The Morgan fingerprint density at radius 1 is 1.41 bits per heavy atom. The second kappa shape index (κ2) is 5.36. The Bertz CT molecular complexity index is 270. The summed E-state index contributed by atoms with van der Waals surface area (Å²) in [6, 6.07) is 0. The smallest absolute Gasteiger partial charge is 0.230 e. The Morgan fingerprint density at radius 3 is 2.59 bits per heavy atom. The largest absolute Gasteiger partial charge is 0.395 e. The number of rotatable bonds is 5. The molecule has 1 aliphatic carbocycles. The zero-order chi connectivity index (χ0) is 12.3. The maximum atomic E-state index is 12.1. The average Bonchev–Trinajstić information content (AvgIpc) is 3.17. The Balaban J connectivity index is 1.73. The second-order valence-corrected chi connectivity index (χ2v) is 5.51. The van der Waals surface area contributed by atoms with E-state index in [1.54, 1.807) is 4.90 Å². The minimum atomic E-state index is -0.412. The summed E-state index contributed by atoms with van der Waals surface area (Å²) in [6.07, 6.45) is 5.00. The number of aliphatic hydroxyl groups is 1. The molecule has 1 N–H and O–H groups in total. The summed E-state index contributed by atoms with van der Waals surface area (Å²) in [5, 5.41) is 9.23. The first-order chi connectivity index (χ1) is 8.18. The lowest BCUT2D eigenvalue weighted by atomic mass is 9.96. The molecule has 17 heavy (non-hydrogen) atoms. The van der Waals surface area contributed by atoms with E-state index in [0.29, 0.717) is 5.92 Å². The van der Waals surface area contributed by atoms with Crippen LogP contribution in [0.3, 0.4) is 0 Å². The molecule has 0 aromatic rings. The van der Waals surface area contributed by atoms with E-state index < -0.39 is 5.41 Å². The molecule has 2 rings (SSSR count). The lowest BCUT2D eigenvalue weighted by Crippen LogP contribution is -2.37. The lowest BCUT2D eigenvalue weighted by molar-refractivity contribution is -0.137. The van der Waals surface area contributed by atoms with E-state index in [4.69, 9.17) is 4.74 Å². The minimum Gasteiger partial charge on any atom is -0.395 e. The molecule has 1 heterocycles. The van der Waals surface area contributed by atoms with Crippen LogP contribution in [-0.4, -0.2) is 49.3 Å². The van der Waals surface area contributed by atoms with Crippen LogP contribution in [0.5, 0.6) is 0 Å². The zero-order valence-electron chi connectivity index (χ0n) is 10.7. The van der Waals surface area contributed by atoms with Crippen molar-refractivity contribution in [1.29, 1.82) is 0 Å². The summed E-state index contributed by atoms with van der Waals surface area (Å²) in [5.41, 5.74) is -0.412. The maximum absolute atomic E-state index is 12.1. The number of carbonyl (C=O) groups is 1. The average molecular weight is 241 g/mol. The fraction of sp³-hybridized carbons (Fsp3) is 0.923. The number of ether oxygens (including phenoxy) is 1. The van der Waals surface area contributed by atoms with E-state index in [1.807, 2.05) is 7.05 Å². The number of carbonyl (C=O) groups excluding carboxylic acids is 1. The number of aliphatic hydroxyl groups excluding tert-OH is 1. The second-order valence-electron chi connectivity index (χ2n) is 5.51. The first-order valence-electron chi connectivity index (χ1n) is 6.62. The quantitative estimate of drug-likeness (QED) is 0.782. The van der Waals surface area contributed by atoms with Crippen LogP contribution < -0.4 is 0 Å². The first kappa shape index (κ1) is 12.8. The van der Waals surface area contributed by atoms with E-state index in [9.17, 15) is 9.90 Å². The summed E-state index contributed by atoms with van der Waals surface area (Å²) in [5.74, 6) is 0.829. The molecule has 1 aliphatic heterocycles. The fourth-order valence-electron chi connectivity index (χ4n) is 2.51. The Morgan fingerprint density at radius 2 is 2.06 bits per heavy atom. The van der Waals surface area contributed by atoms with Gasteiger partial charge in [0, 0.05) is 26.8 Å². The molecule has 0 bridgehead atoms. The number of hydrogen-bond donors (Lipinski definition) is 1. The van der Waals surface area contributed by atoms with Crippen LogP contribution in [0, 0.1) is 11.3 Å². The Hall–Kier alpha value is -0.610. The van der Waals surface area contributed by atoms with Gasteiger partial charge in [-0.1, -0.05) is 0 Å². The van der Waals surface area contributed by atoms with Gasteiger partial charge in [0.1, 0.15) is 0 Å². The van der Waals surface area contributed by atoms with Crippen LogP contribution in [0.15, 0.2) is 0 Å². The third-order valence-electron chi connectivity index (χ3n) is 4.17. The SMILES string of the molecule is CN(CCC1CCOCC1)C(=O)C1(CO)CC1. The molecule has 1 amide bonds. The predicted octanol–water partition coefficient (Wildman–Crippen LogP) is 1.03. The van der Waals surface area contributed by atoms with Crippen LogP contribution >= 0.6 is 0 Å². The number of nitrogens with zero attached hydrogens (tertiary/aromatic N) is 1. The van der Waals surface area contributed by atoms with Crippen molar-refractivity contribution in [3.8, 4) is 0 Å². The van der Waals surface area contributed by atoms with Crippen molar-refractivity contribution in [2.24, 2.45) is 11.3 Å². The lowest BCUT2D eigenvalue weighted by Gasteiger charge is -2.26. The summed E-state index contributed by atoms with van der Waals surface area (Å²) < 4.78 is 5.32. The predicted molar refractivity (Wildman–Crippen MR) is 64.5 cm³/mol. The third-order valence-corrected chi connectivity index (χ3v) is 4.17. The molecule has 0 aromatic heterocycles. The molecular formula is C13H23NO3. The maximum Gasteiger partial charge on any atom is 0.230 e. The van der Waals surface area contributed by atoms with Crippen molar-refractivity contribution < 1.29 is 14.6 Å². The van der Waals surface area contributed by atoms with Crippen molar-refractivity contribution in [3.05, 3.63) is 0 Å². The molecule has 98 valence electrons. The standard InChI is InChI=1S/C13H23NO3/c1-14(12(16)13(10-15)5-6-13)7-2-11-3-8-17-9-4-11/h11,15H,2-10H2,1H3. The Labute approximate surface area is 103 Å². The first-order valence-corrected chi connectivity index (χ1v) is 6.62. The molecule has 0 radical (unpaired) electrons. The summed E-state index contributed by atoms with van der Waals surface area (Å²) in [4.78, 5) is 13.9. The highest BCUT2D eigenvalue weighted by Crippen LogP contribution is 2.46. The van der Waals surface area contributed by atoms with Crippen molar-refractivity contribution in [2.45, 2.75) is 32.1 Å². The molecule has 2 fully saturated rings. The van der Waals surface area contributed by atoms with Crippen molar-refractivity contribution in [1.82, 2.24) is 4.90 Å². The van der Waals surface area contributed by atoms with Gasteiger partial charge < -0.3 is 14.7 Å². The molecule has 0 spiro atoms. The highest BCUT2D eigenvalue weighted by Gasteiger charge is 2.50. The van der Waals surface area contributed by atoms with Crippen molar-refractivity contribution in [3.63, 3.8) is 0 Å². The van der Waals surface area contributed by atoms with Gasteiger partial charge in [-0.2, -0.15) is 0 Å². The van der Waals surface area contributed by atoms with Crippen LogP contribution in [0.4, 0.5) is 0 Å². The zero-order valence-corrected chi connectivity index (χ0v) is 10.7. The van der Waals surface area contributed by atoms with Gasteiger partial charge in [-0.15, -0.1) is 0 Å². The van der Waals surface area contributed by atoms with Crippen molar-refractivity contribution >= 4 is 5.91 Å². The molecule has 0 aromatic carbocycles. The van der Waals surface area contributed by atoms with Gasteiger partial charge in [0.25, 0.3) is 0 Å². The molecular weight excluding hydrogens is 218 g/mol. The molecule has 0 atom stereocenters. The molecule has 1 saturated carbocycles. The van der Waals surface area contributed by atoms with Crippen LogP contribution in [-0.2, 0) is 9.53 Å². The molecule has 4 heteroatoms. The summed E-state index contributed by atoms with van der Waals surface area (Å²) >= 11 is 0. The number of amides is 1. The van der Waals surface area contributed by atoms with E-state index in [-0.39, 0.29) is 12.5 Å². The molecule has 2 aliphatic rings. The monoisotopic (exact) mass is 241 g/mol. The topological polar surface area (TPSA) is 49.8 Å². The molecule has 1 saturated heterocycles. The summed E-state index contributed by atoms with van der Waals surface area (Å²) in [7, 11) is 1.86. The normalized spacial score (nSPS) is 23.4. The van der Waals surface area contributed by atoms with Gasteiger partial charge in [-0.25, -0.2) is 0 Å². The van der Waals surface area contributed by atoms with Crippen LogP contribution in [0.1, 0.15) is 32.1 Å². The van der Waals surface area contributed by atoms with Crippen LogP contribution in [0.25, 0.3) is 0 Å². The van der Waals surface area contributed by atoms with Gasteiger partial charge in [0.15, 0.2) is 0 Å². The van der Waals surface area contributed by atoms with Gasteiger partial charge in [0.05, 0.1) is 12.0 Å². The van der Waals surface area contributed by atoms with Gasteiger partial charge in [-0.05, 0) is 38.0 Å². The van der Waals surface area contributed by atoms with E-state index in [1.165, 1.54) is 0 Å². The van der Waals surface area contributed by atoms with E-state index in [0.717, 1.165) is 51.9 Å². The number of hydrogen-bond acceptors (Lipinski definition) is 3. The van der Waals surface area contributed by atoms with Gasteiger partial charge in [-0.3, -0.25) is 4.79 Å².